The van der Waals surface area contributed by atoms with E-state index in [9.17, 15) is 9.65 Å². The molecule has 0 saturated carbocycles. The fraction of sp³-hybridized carbons (Fsp3) is 0.278. The Balaban J connectivity index is 1.80. The maximum atomic E-state index is 13.4. The molecule has 1 fully saturated rings. The fourth-order valence-corrected chi connectivity index (χ4v) is 2.82. The Morgan fingerprint density at radius 2 is 2.00 bits per heavy atom. The van der Waals surface area contributed by atoms with Gasteiger partial charge in [0.2, 0.25) is 0 Å². The maximum Gasteiger partial charge on any atom is 0.124 e. The number of morpholine rings is 1. The molecule has 22 heavy (non-hydrogen) atoms. The van der Waals surface area contributed by atoms with Crippen molar-refractivity contribution in [2.24, 2.45) is 0 Å². The summed E-state index contributed by atoms with van der Waals surface area (Å²) >= 11 is 0. The monoisotopic (exact) mass is 296 g/mol. The molecule has 0 aromatic heterocycles. The van der Waals surface area contributed by atoms with Gasteiger partial charge in [0.15, 0.2) is 0 Å². The van der Waals surface area contributed by atoms with Gasteiger partial charge in [0.05, 0.1) is 18.8 Å². The summed E-state index contributed by atoms with van der Waals surface area (Å²) in [6, 6.07) is 18.1. The predicted octanol–water partition coefficient (Wildman–Crippen LogP) is 3.46. The number of hydrogen-bond acceptors (Lipinski definition) is 3. The van der Waals surface area contributed by atoms with Crippen molar-refractivity contribution in [3.05, 3.63) is 71.5 Å². The van der Waals surface area contributed by atoms with E-state index in [1.54, 1.807) is 12.1 Å². The third-order valence-corrected chi connectivity index (χ3v) is 3.92. The van der Waals surface area contributed by atoms with Gasteiger partial charge in [0.25, 0.3) is 0 Å². The van der Waals surface area contributed by atoms with E-state index in [4.69, 9.17) is 4.74 Å². The largest absolute Gasteiger partial charge is 0.371 e. The van der Waals surface area contributed by atoms with Gasteiger partial charge in [-0.2, -0.15) is 5.26 Å². The van der Waals surface area contributed by atoms with Crippen LogP contribution in [0.4, 0.5) is 4.39 Å². The highest BCUT2D eigenvalue weighted by molar-refractivity contribution is 5.26. The molecule has 0 radical (unpaired) electrons. The van der Waals surface area contributed by atoms with Crippen LogP contribution in [0.3, 0.4) is 0 Å². The standard InChI is InChI=1S/C18H17FN2O/c19-16-8-4-7-15(11-16)17(12-20)21-9-10-22-18(13-21)14-5-2-1-3-6-14/h1-8,11,17-18H,9-10,13H2/t17-,18-/m0/s1. The van der Waals surface area contributed by atoms with Crippen LogP contribution in [0.15, 0.2) is 54.6 Å². The molecule has 2 aromatic rings. The Hall–Kier alpha value is -2.22. The summed E-state index contributed by atoms with van der Waals surface area (Å²) in [6.45, 7) is 1.85. The Bertz CT molecular complexity index is 668. The molecule has 0 bridgehead atoms. The topological polar surface area (TPSA) is 36.3 Å². The highest BCUT2D eigenvalue weighted by Crippen LogP contribution is 2.28. The summed E-state index contributed by atoms with van der Waals surface area (Å²) in [7, 11) is 0. The number of halogens is 1. The van der Waals surface area contributed by atoms with Crippen LogP contribution in [-0.2, 0) is 4.74 Å². The van der Waals surface area contributed by atoms with E-state index in [1.165, 1.54) is 12.1 Å². The van der Waals surface area contributed by atoms with E-state index in [0.29, 0.717) is 25.3 Å². The van der Waals surface area contributed by atoms with Crippen molar-refractivity contribution in [3.8, 4) is 6.07 Å². The van der Waals surface area contributed by atoms with E-state index < -0.39 is 6.04 Å². The highest BCUT2D eigenvalue weighted by atomic mass is 19.1. The van der Waals surface area contributed by atoms with Crippen LogP contribution in [0.2, 0.25) is 0 Å². The Labute approximate surface area is 129 Å². The minimum Gasteiger partial charge on any atom is -0.371 e. The van der Waals surface area contributed by atoms with Crippen molar-refractivity contribution in [2.75, 3.05) is 19.7 Å². The summed E-state index contributed by atoms with van der Waals surface area (Å²) in [5.74, 6) is -0.314. The second-order valence-corrected chi connectivity index (χ2v) is 5.35. The summed E-state index contributed by atoms with van der Waals surface area (Å²) in [6.07, 6.45) is -0.0561. The number of ether oxygens (including phenoxy) is 1. The lowest BCUT2D eigenvalue weighted by Gasteiger charge is -2.35. The van der Waals surface area contributed by atoms with E-state index in [-0.39, 0.29) is 11.9 Å². The zero-order valence-corrected chi connectivity index (χ0v) is 12.2. The second kappa shape index (κ2) is 6.69. The smallest absolute Gasteiger partial charge is 0.124 e. The van der Waals surface area contributed by atoms with Gasteiger partial charge < -0.3 is 4.74 Å². The first kappa shape index (κ1) is 14.7. The minimum absolute atomic E-state index is 0.0561. The first-order chi connectivity index (χ1) is 10.8. The molecule has 1 aliphatic rings. The normalized spacial score (nSPS) is 20.3. The zero-order valence-electron chi connectivity index (χ0n) is 12.2. The number of hydrogen-bond donors (Lipinski definition) is 0. The van der Waals surface area contributed by atoms with Crippen LogP contribution in [0.25, 0.3) is 0 Å². The van der Waals surface area contributed by atoms with Crippen LogP contribution in [0, 0.1) is 17.1 Å². The third kappa shape index (κ3) is 3.16. The van der Waals surface area contributed by atoms with Gasteiger partial charge >= 0.3 is 0 Å². The van der Waals surface area contributed by atoms with Crippen LogP contribution in [-0.4, -0.2) is 24.6 Å². The third-order valence-electron chi connectivity index (χ3n) is 3.92. The molecule has 112 valence electrons. The van der Waals surface area contributed by atoms with Crippen molar-refractivity contribution in [2.45, 2.75) is 12.1 Å². The Morgan fingerprint density at radius 3 is 2.73 bits per heavy atom. The molecule has 1 heterocycles. The molecule has 1 saturated heterocycles. The highest BCUT2D eigenvalue weighted by Gasteiger charge is 2.28. The quantitative estimate of drug-likeness (QED) is 0.870. The lowest BCUT2D eigenvalue weighted by Crippen LogP contribution is -2.40. The van der Waals surface area contributed by atoms with E-state index in [1.807, 2.05) is 30.3 Å². The number of rotatable bonds is 3. The van der Waals surface area contributed by atoms with Gasteiger partial charge in [-0.1, -0.05) is 42.5 Å². The Kier molecular flexibility index (Phi) is 4.47. The molecular formula is C18H17FN2O. The van der Waals surface area contributed by atoms with Gasteiger partial charge in [-0.05, 0) is 23.3 Å². The number of nitrogens with zero attached hydrogens (tertiary/aromatic N) is 2. The molecule has 2 aromatic carbocycles. The van der Waals surface area contributed by atoms with Gasteiger partial charge in [0, 0.05) is 13.1 Å². The zero-order chi connectivity index (χ0) is 15.4. The molecule has 4 heteroatoms. The summed E-state index contributed by atoms with van der Waals surface area (Å²) in [5.41, 5.74) is 1.79. The summed E-state index contributed by atoms with van der Waals surface area (Å²) in [5, 5.41) is 9.52. The molecule has 0 unspecified atom stereocenters. The van der Waals surface area contributed by atoms with E-state index >= 15 is 0 Å². The average molecular weight is 296 g/mol. The molecule has 0 N–H and O–H groups in total. The minimum atomic E-state index is -0.453. The first-order valence-corrected chi connectivity index (χ1v) is 7.33. The lowest BCUT2D eigenvalue weighted by molar-refractivity contribution is -0.0383. The molecule has 2 atom stereocenters. The van der Waals surface area contributed by atoms with Gasteiger partial charge in [-0.15, -0.1) is 0 Å². The van der Waals surface area contributed by atoms with E-state index in [0.717, 1.165) is 5.56 Å². The SMILES string of the molecule is N#C[C@@H](c1cccc(F)c1)N1CCO[C@H](c2ccccc2)C1. The summed E-state index contributed by atoms with van der Waals surface area (Å²) in [4.78, 5) is 2.05. The lowest BCUT2D eigenvalue weighted by atomic mass is 10.0. The molecule has 0 aliphatic carbocycles. The maximum absolute atomic E-state index is 13.4. The molecular weight excluding hydrogens is 279 g/mol. The van der Waals surface area contributed by atoms with Gasteiger partial charge in [0.1, 0.15) is 11.9 Å². The van der Waals surface area contributed by atoms with Crippen LogP contribution < -0.4 is 0 Å². The number of benzene rings is 2. The summed E-state index contributed by atoms with van der Waals surface area (Å²) < 4.78 is 19.2. The first-order valence-electron chi connectivity index (χ1n) is 7.33. The van der Waals surface area contributed by atoms with E-state index in [2.05, 4.69) is 11.0 Å². The second-order valence-electron chi connectivity index (χ2n) is 5.35. The molecule has 0 spiro atoms. The van der Waals surface area contributed by atoms with Crippen molar-refractivity contribution in [1.82, 2.24) is 4.90 Å². The fourth-order valence-electron chi connectivity index (χ4n) is 2.82. The molecule has 0 amide bonds. The predicted molar refractivity (Wildman–Crippen MR) is 81.5 cm³/mol. The van der Waals surface area contributed by atoms with Gasteiger partial charge in [-0.3, -0.25) is 4.90 Å². The van der Waals surface area contributed by atoms with Gasteiger partial charge in [-0.25, -0.2) is 4.39 Å². The van der Waals surface area contributed by atoms with Crippen LogP contribution >= 0.6 is 0 Å². The van der Waals surface area contributed by atoms with Crippen molar-refractivity contribution in [1.29, 1.82) is 5.26 Å². The van der Waals surface area contributed by atoms with Crippen molar-refractivity contribution >= 4 is 0 Å². The van der Waals surface area contributed by atoms with Crippen LogP contribution in [0.1, 0.15) is 23.3 Å². The van der Waals surface area contributed by atoms with Crippen molar-refractivity contribution in [3.63, 3.8) is 0 Å². The Morgan fingerprint density at radius 1 is 1.18 bits per heavy atom. The molecule has 1 aliphatic heterocycles. The average Bonchev–Trinajstić information content (AvgIpc) is 2.57. The molecule has 3 nitrogen and oxygen atoms in total. The van der Waals surface area contributed by atoms with Crippen molar-refractivity contribution < 1.29 is 9.13 Å². The van der Waals surface area contributed by atoms with Crippen LogP contribution in [0.5, 0.6) is 0 Å². The number of nitriles is 1. The molecule has 3 rings (SSSR count).